The van der Waals surface area contributed by atoms with Gasteiger partial charge in [0.1, 0.15) is 0 Å². The maximum Gasteiger partial charge on any atom is 0.169 e. The molecule has 0 bridgehead atoms. The Labute approximate surface area is 86.3 Å². The van der Waals surface area contributed by atoms with Crippen LogP contribution in [0.1, 0.15) is 5.56 Å². The number of anilines is 1. The summed E-state index contributed by atoms with van der Waals surface area (Å²) in [4.78, 5) is 4.57. The maximum atomic E-state index is 5.89. The van der Waals surface area contributed by atoms with Gasteiger partial charge in [0.2, 0.25) is 0 Å². The molecule has 1 aliphatic heterocycles. The number of imidazole rings is 1. The Morgan fingerprint density at radius 2 is 2.36 bits per heavy atom. The lowest BCUT2D eigenvalue weighted by Gasteiger charge is -2.01. The number of benzene rings is 1. The second-order valence-corrected chi connectivity index (χ2v) is 4.65. The summed E-state index contributed by atoms with van der Waals surface area (Å²) in [5, 5.41) is 1.13. The van der Waals surface area contributed by atoms with Gasteiger partial charge < -0.3 is 10.3 Å². The van der Waals surface area contributed by atoms with E-state index in [1.807, 2.05) is 24.8 Å². The van der Waals surface area contributed by atoms with E-state index in [1.165, 1.54) is 5.52 Å². The normalized spacial score (nSPS) is 14.9. The standard InChI is InChI=1S/C10H11N3S/c1-6-4-8-9(5-7(6)11)13-2-3-14-10(13)12-8/h4-5H,2-3,11H2,1H3. The largest absolute Gasteiger partial charge is 0.398 e. The van der Waals surface area contributed by atoms with Gasteiger partial charge in [-0.3, -0.25) is 0 Å². The van der Waals surface area contributed by atoms with Crippen molar-refractivity contribution in [3.8, 4) is 0 Å². The fourth-order valence-corrected chi connectivity index (χ4v) is 2.79. The smallest absolute Gasteiger partial charge is 0.169 e. The van der Waals surface area contributed by atoms with Gasteiger partial charge in [-0.25, -0.2) is 4.98 Å². The number of nitrogen functional groups attached to an aromatic ring is 1. The Kier molecular flexibility index (Phi) is 1.56. The van der Waals surface area contributed by atoms with E-state index in [2.05, 4.69) is 15.6 Å². The minimum Gasteiger partial charge on any atom is -0.398 e. The van der Waals surface area contributed by atoms with E-state index in [0.717, 1.165) is 34.2 Å². The highest BCUT2D eigenvalue weighted by molar-refractivity contribution is 7.99. The molecule has 0 amide bonds. The highest BCUT2D eigenvalue weighted by Crippen LogP contribution is 2.31. The number of nitrogens with zero attached hydrogens (tertiary/aromatic N) is 2. The zero-order valence-electron chi connectivity index (χ0n) is 7.95. The maximum absolute atomic E-state index is 5.89. The van der Waals surface area contributed by atoms with E-state index in [4.69, 9.17) is 5.73 Å². The van der Waals surface area contributed by atoms with Crippen molar-refractivity contribution in [3.63, 3.8) is 0 Å². The summed E-state index contributed by atoms with van der Waals surface area (Å²) < 4.78 is 2.25. The molecule has 1 aromatic heterocycles. The van der Waals surface area contributed by atoms with Crippen LogP contribution >= 0.6 is 11.8 Å². The van der Waals surface area contributed by atoms with Crippen LogP contribution in [0.5, 0.6) is 0 Å². The number of aryl methyl sites for hydroxylation is 2. The summed E-state index contributed by atoms with van der Waals surface area (Å²) in [6.45, 7) is 3.07. The number of nitrogens with two attached hydrogens (primary N) is 1. The molecule has 1 aliphatic rings. The van der Waals surface area contributed by atoms with Crippen LogP contribution in [0, 0.1) is 6.92 Å². The van der Waals surface area contributed by atoms with E-state index in [1.54, 1.807) is 0 Å². The van der Waals surface area contributed by atoms with E-state index in [-0.39, 0.29) is 0 Å². The summed E-state index contributed by atoms with van der Waals surface area (Å²) in [7, 11) is 0. The Morgan fingerprint density at radius 3 is 3.21 bits per heavy atom. The molecule has 2 N–H and O–H groups in total. The lowest BCUT2D eigenvalue weighted by Crippen LogP contribution is -1.95. The molecule has 0 aliphatic carbocycles. The lowest BCUT2D eigenvalue weighted by atomic mass is 10.2. The predicted molar refractivity (Wildman–Crippen MR) is 59.6 cm³/mol. The fourth-order valence-electron chi connectivity index (χ4n) is 1.82. The fraction of sp³-hybridized carbons (Fsp3) is 0.300. The van der Waals surface area contributed by atoms with Crippen LogP contribution in [0.2, 0.25) is 0 Å². The third-order valence-electron chi connectivity index (χ3n) is 2.65. The van der Waals surface area contributed by atoms with E-state index >= 15 is 0 Å². The summed E-state index contributed by atoms with van der Waals surface area (Å²) in [6, 6.07) is 4.10. The first-order valence-electron chi connectivity index (χ1n) is 4.65. The highest BCUT2D eigenvalue weighted by Gasteiger charge is 2.16. The third kappa shape index (κ3) is 0.973. The molecule has 0 saturated heterocycles. The topological polar surface area (TPSA) is 43.8 Å². The van der Waals surface area contributed by atoms with Gasteiger partial charge in [0.15, 0.2) is 5.16 Å². The summed E-state index contributed by atoms with van der Waals surface area (Å²) in [6.07, 6.45) is 0. The quantitative estimate of drug-likeness (QED) is 0.669. The molecule has 3 nitrogen and oxygen atoms in total. The molecule has 2 heterocycles. The zero-order valence-corrected chi connectivity index (χ0v) is 8.77. The second-order valence-electron chi connectivity index (χ2n) is 3.59. The van der Waals surface area contributed by atoms with Gasteiger partial charge in [0, 0.05) is 18.0 Å². The highest BCUT2D eigenvalue weighted by atomic mass is 32.2. The van der Waals surface area contributed by atoms with E-state index in [9.17, 15) is 0 Å². The van der Waals surface area contributed by atoms with Crippen LogP contribution in [0.4, 0.5) is 5.69 Å². The van der Waals surface area contributed by atoms with Crippen molar-refractivity contribution in [3.05, 3.63) is 17.7 Å². The Morgan fingerprint density at radius 1 is 1.50 bits per heavy atom. The molecule has 0 saturated carbocycles. The predicted octanol–water partition coefficient (Wildman–Crippen LogP) is 2.03. The first-order chi connectivity index (χ1) is 6.75. The molecular weight excluding hydrogens is 194 g/mol. The Balaban J connectivity index is 2.39. The number of hydrogen-bond acceptors (Lipinski definition) is 3. The summed E-state index contributed by atoms with van der Waals surface area (Å²) in [5.74, 6) is 1.13. The zero-order chi connectivity index (χ0) is 9.71. The molecule has 14 heavy (non-hydrogen) atoms. The molecule has 0 unspecified atom stereocenters. The molecular formula is C10H11N3S. The van der Waals surface area contributed by atoms with E-state index < -0.39 is 0 Å². The van der Waals surface area contributed by atoms with Gasteiger partial charge in [-0.15, -0.1) is 0 Å². The summed E-state index contributed by atoms with van der Waals surface area (Å²) in [5.41, 5.74) is 10.1. The van der Waals surface area contributed by atoms with Gasteiger partial charge in [-0.2, -0.15) is 0 Å². The van der Waals surface area contributed by atoms with Crippen LogP contribution < -0.4 is 5.73 Å². The third-order valence-corrected chi connectivity index (χ3v) is 3.60. The van der Waals surface area contributed by atoms with Gasteiger partial charge in [0.25, 0.3) is 0 Å². The van der Waals surface area contributed by atoms with Gasteiger partial charge >= 0.3 is 0 Å². The average Bonchev–Trinajstić information content (AvgIpc) is 2.68. The van der Waals surface area contributed by atoms with Crippen molar-refractivity contribution in [2.45, 2.75) is 18.6 Å². The van der Waals surface area contributed by atoms with Crippen molar-refractivity contribution in [1.82, 2.24) is 9.55 Å². The molecule has 0 fully saturated rings. The monoisotopic (exact) mass is 205 g/mol. The molecule has 72 valence electrons. The van der Waals surface area contributed by atoms with Crippen molar-refractivity contribution < 1.29 is 0 Å². The molecule has 3 rings (SSSR count). The Bertz CT molecular complexity index is 516. The number of aromatic nitrogens is 2. The SMILES string of the molecule is Cc1cc2nc3n(c2cc1N)CCS3. The van der Waals surface area contributed by atoms with Crippen LogP contribution in [-0.2, 0) is 6.54 Å². The number of rotatable bonds is 0. The molecule has 1 aromatic carbocycles. The first kappa shape index (κ1) is 8.17. The van der Waals surface area contributed by atoms with Gasteiger partial charge in [-0.05, 0) is 24.6 Å². The molecule has 2 aromatic rings. The minimum atomic E-state index is 0.858. The second kappa shape index (κ2) is 2.67. The van der Waals surface area contributed by atoms with Crippen molar-refractivity contribution >= 4 is 28.5 Å². The summed E-state index contributed by atoms with van der Waals surface area (Å²) >= 11 is 1.82. The number of fused-ring (bicyclic) bond motifs is 3. The molecule has 0 radical (unpaired) electrons. The number of hydrogen-bond donors (Lipinski definition) is 1. The molecule has 0 atom stereocenters. The van der Waals surface area contributed by atoms with Crippen molar-refractivity contribution in [1.29, 1.82) is 0 Å². The Hall–Kier alpha value is -1.16. The van der Waals surface area contributed by atoms with Crippen LogP contribution in [0.3, 0.4) is 0 Å². The van der Waals surface area contributed by atoms with E-state index in [0.29, 0.717) is 0 Å². The van der Waals surface area contributed by atoms with Crippen LogP contribution in [-0.4, -0.2) is 15.3 Å². The lowest BCUT2D eigenvalue weighted by molar-refractivity contribution is 0.743. The van der Waals surface area contributed by atoms with Crippen LogP contribution in [0.15, 0.2) is 17.3 Å². The van der Waals surface area contributed by atoms with Crippen molar-refractivity contribution in [2.75, 3.05) is 11.5 Å². The van der Waals surface area contributed by atoms with Gasteiger partial charge in [-0.1, -0.05) is 11.8 Å². The first-order valence-corrected chi connectivity index (χ1v) is 5.63. The molecule has 0 spiro atoms. The van der Waals surface area contributed by atoms with Crippen LogP contribution in [0.25, 0.3) is 11.0 Å². The number of thioether (sulfide) groups is 1. The minimum absolute atomic E-state index is 0.858. The molecule has 4 heteroatoms. The average molecular weight is 205 g/mol. The van der Waals surface area contributed by atoms with Crippen molar-refractivity contribution in [2.24, 2.45) is 0 Å². The van der Waals surface area contributed by atoms with Gasteiger partial charge in [0.05, 0.1) is 11.0 Å².